The largest absolute Gasteiger partial charge is 0.484 e. The van der Waals surface area contributed by atoms with E-state index in [9.17, 15) is 4.79 Å². The highest BCUT2D eigenvalue weighted by Crippen LogP contribution is 2.39. The van der Waals surface area contributed by atoms with Crippen LogP contribution >= 0.6 is 0 Å². The highest BCUT2D eigenvalue weighted by molar-refractivity contribution is 5.89. The van der Waals surface area contributed by atoms with Gasteiger partial charge in [-0.25, -0.2) is 9.48 Å². The van der Waals surface area contributed by atoms with Crippen LogP contribution in [0.2, 0.25) is 0 Å². The van der Waals surface area contributed by atoms with E-state index in [0.29, 0.717) is 36.5 Å². The molecule has 1 aliphatic carbocycles. The Morgan fingerprint density at radius 2 is 1.82 bits per heavy atom. The van der Waals surface area contributed by atoms with E-state index in [2.05, 4.69) is 75.8 Å². The van der Waals surface area contributed by atoms with Gasteiger partial charge in [-0.1, -0.05) is 45.0 Å². The van der Waals surface area contributed by atoms with Gasteiger partial charge < -0.3 is 29.7 Å². The van der Waals surface area contributed by atoms with E-state index in [1.807, 2.05) is 59.9 Å². The van der Waals surface area contributed by atoms with Gasteiger partial charge in [-0.15, -0.1) is 15.3 Å². The Kier molecular flexibility index (Phi) is 12.1. The Balaban J connectivity index is 0.00000166. The fraction of sp³-hybridized carbons (Fsp3) is 0.462. The predicted octanol–water partition coefficient (Wildman–Crippen LogP) is 5.80. The second-order valence-electron chi connectivity index (χ2n) is 15.2. The summed E-state index contributed by atoms with van der Waals surface area (Å²) in [4.78, 5) is 26.4. The van der Waals surface area contributed by atoms with E-state index < -0.39 is 0 Å². The van der Waals surface area contributed by atoms with Crippen LogP contribution in [-0.2, 0) is 10.2 Å². The highest BCUT2D eigenvalue weighted by atomic mass is 16.5. The van der Waals surface area contributed by atoms with Crippen LogP contribution in [0.4, 0.5) is 16.6 Å². The molecule has 5 heterocycles. The minimum atomic E-state index is -0.331. The lowest BCUT2D eigenvalue weighted by atomic mass is 9.85. The third-order valence-corrected chi connectivity index (χ3v) is 9.81. The zero-order valence-electron chi connectivity index (χ0n) is 32.3. The molecule has 0 radical (unpaired) electrons. The monoisotopic (exact) mass is 753 g/mol. The summed E-state index contributed by atoms with van der Waals surface area (Å²) in [7, 11) is 3.97. The quantitative estimate of drug-likeness (QED) is 0.146. The number of hydrogen-bond acceptors (Lipinski definition) is 11. The molecule has 3 atom stereocenters. The molecule has 55 heavy (non-hydrogen) atoms. The van der Waals surface area contributed by atoms with Crippen molar-refractivity contribution in [3.05, 3.63) is 77.7 Å². The number of ether oxygens (including phenoxy) is 2. The van der Waals surface area contributed by atoms with Crippen molar-refractivity contribution in [1.82, 2.24) is 44.8 Å². The summed E-state index contributed by atoms with van der Waals surface area (Å²) < 4.78 is 16.2. The number of pyridine rings is 1. The molecule has 5 aromatic rings. The zero-order valence-corrected chi connectivity index (χ0v) is 32.3. The molecule has 4 aromatic heterocycles. The lowest BCUT2D eigenvalue weighted by Gasteiger charge is -2.33. The Labute approximate surface area is 320 Å². The van der Waals surface area contributed by atoms with Gasteiger partial charge in [-0.05, 0) is 76.4 Å². The fourth-order valence-corrected chi connectivity index (χ4v) is 6.91. The summed E-state index contributed by atoms with van der Waals surface area (Å²) in [5.41, 5.74) is 4.07. The Bertz CT molecular complexity index is 2070. The van der Waals surface area contributed by atoms with E-state index in [-0.39, 0.29) is 30.1 Å². The number of carboxylic acid groups (broad SMARTS) is 1. The molecule has 3 N–H and O–H groups in total. The molecular formula is C39H51N11O5. The Hall–Kier alpha value is -5.77. The number of anilines is 2. The van der Waals surface area contributed by atoms with Crippen LogP contribution in [0.3, 0.4) is 0 Å². The average molecular weight is 754 g/mol. The minimum Gasteiger partial charge on any atom is -0.484 e. The third kappa shape index (κ3) is 9.31. The summed E-state index contributed by atoms with van der Waals surface area (Å²) in [6, 6.07) is 15.6. The van der Waals surface area contributed by atoms with Crippen molar-refractivity contribution in [3.8, 4) is 17.3 Å². The average Bonchev–Trinajstić information content (AvgIpc) is 3.78. The number of nitrogens with one attached hydrogen (secondary N) is 2. The number of piperidine rings is 1. The number of carbonyl (C=O) groups excluding carboxylic acids is 1. The summed E-state index contributed by atoms with van der Waals surface area (Å²) in [6.45, 7) is 10.4. The van der Waals surface area contributed by atoms with Gasteiger partial charge in [0.15, 0.2) is 5.65 Å². The van der Waals surface area contributed by atoms with Gasteiger partial charge in [-0.3, -0.25) is 14.5 Å². The van der Waals surface area contributed by atoms with Crippen molar-refractivity contribution < 1.29 is 24.2 Å². The number of amides is 2. The van der Waals surface area contributed by atoms with Gasteiger partial charge in [-0.2, -0.15) is 10.2 Å². The Morgan fingerprint density at radius 1 is 1.04 bits per heavy atom. The maximum atomic E-state index is 13.7. The summed E-state index contributed by atoms with van der Waals surface area (Å²) in [5, 5.41) is 35.3. The van der Waals surface area contributed by atoms with Crippen molar-refractivity contribution in [2.45, 2.75) is 83.4 Å². The molecule has 0 spiro atoms. The number of benzene rings is 1. The first kappa shape index (κ1) is 38.9. The molecule has 7 rings (SSSR count). The van der Waals surface area contributed by atoms with E-state index in [1.165, 1.54) is 6.42 Å². The third-order valence-electron chi connectivity index (χ3n) is 9.81. The van der Waals surface area contributed by atoms with Gasteiger partial charge in [0.05, 0.1) is 29.8 Å². The molecule has 1 aromatic carbocycles. The van der Waals surface area contributed by atoms with Crippen LogP contribution in [0, 0.1) is 0 Å². The smallest absolute Gasteiger partial charge is 0.320 e. The van der Waals surface area contributed by atoms with Gasteiger partial charge >= 0.3 is 6.03 Å². The van der Waals surface area contributed by atoms with Crippen LogP contribution in [0.25, 0.3) is 11.3 Å². The lowest BCUT2D eigenvalue weighted by molar-refractivity contribution is -0.122. The molecule has 1 saturated heterocycles. The normalized spacial score (nSPS) is 18.2. The van der Waals surface area contributed by atoms with Crippen molar-refractivity contribution in [1.29, 1.82) is 0 Å². The molecule has 16 heteroatoms. The number of likely N-dealkylation sites (N-methyl/N-ethyl adjacent to an activating group) is 1. The molecule has 2 amide bonds. The molecule has 2 aliphatic rings. The first-order chi connectivity index (χ1) is 26.4. The molecule has 0 saturated carbocycles. The molecule has 0 bridgehead atoms. The Morgan fingerprint density at radius 3 is 2.56 bits per heavy atom. The summed E-state index contributed by atoms with van der Waals surface area (Å²) >= 11 is 0. The number of rotatable bonds is 10. The number of urea groups is 1. The number of fused-ring (bicyclic) bond motifs is 2. The van der Waals surface area contributed by atoms with Crippen molar-refractivity contribution in [2.24, 2.45) is 0 Å². The van der Waals surface area contributed by atoms with Crippen LogP contribution in [0.15, 0.2) is 60.9 Å². The molecular weight excluding hydrogens is 703 g/mol. The van der Waals surface area contributed by atoms with E-state index in [4.69, 9.17) is 24.5 Å². The molecule has 16 nitrogen and oxygen atoms in total. The maximum Gasteiger partial charge on any atom is 0.320 e. The van der Waals surface area contributed by atoms with Gasteiger partial charge in [0, 0.05) is 36.7 Å². The first-order valence-corrected chi connectivity index (χ1v) is 18.7. The van der Waals surface area contributed by atoms with Crippen LogP contribution in [0.5, 0.6) is 11.6 Å². The standard InChI is InChI=1S/C38H49N11O3.CH2O2/c1-25-11-9-10-18-47(25)37-44-42-33-17-14-27(24-48(33)37)52-31-16-15-30(28-12-7-8-13-29(28)31)40-36(50)41-34-22-32(38(2,3)4)45-49(34)26-21-35(43-39-23-26)51-20-19-46(5)6;2-1-3/h7-8,12-14,17,21-25,30-31H,9-11,15-16,18-20H2,1-6H3,(H2,40,41,50);1H,(H,2,3)/t25?,30-,31+;/m0./s1. The second-order valence-corrected chi connectivity index (χ2v) is 15.2. The number of nitrogens with zero attached hydrogens (tertiary/aromatic N) is 9. The van der Waals surface area contributed by atoms with Gasteiger partial charge in [0.1, 0.15) is 24.3 Å². The fourth-order valence-electron chi connectivity index (χ4n) is 6.91. The van der Waals surface area contributed by atoms with E-state index >= 15 is 0 Å². The predicted molar refractivity (Wildman–Crippen MR) is 208 cm³/mol. The summed E-state index contributed by atoms with van der Waals surface area (Å²) in [5.74, 6) is 2.51. The minimum absolute atomic E-state index is 0.173. The van der Waals surface area contributed by atoms with Gasteiger partial charge in [0.25, 0.3) is 6.47 Å². The molecule has 292 valence electrons. The van der Waals surface area contributed by atoms with E-state index in [0.717, 1.165) is 66.5 Å². The van der Waals surface area contributed by atoms with Crippen LogP contribution in [-0.4, -0.2) is 96.9 Å². The second kappa shape index (κ2) is 17.1. The van der Waals surface area contributed by atoms with Crippen molar-refractivity contribution >= 4 is 29.9 Å². The number of aromatic nitrogens is 7. The van der Waals surface area contributed by atoms with Crippen molar-refractivity contribution in [2.75, 3.05) is 44.0 Å². The summed E-state index contributed by atoms with van der Waals surface area (Å²) in [6.07, 6.45) is 8.40. The SMILES string of the molecule is CC1CCCCN1c1nnc2ccc(O[C@@H]3CC[C@H](NC(=O)Nc4cc(C(C)(C)C)nn4-c4cnnc(OCCN(C)C)c4)c4ccccc43)cn12.O=CO. The highest BCUT2D eigenvalue weighted by Gasteiger charge is 2.31. The van der Waals surface area contributed by atoms with Gasteiger partial charge in [0.2, 0.25) is 11.8 Å². The molecule has 1 unspecified atom stereocenters. The zero-order chi connectivity index (χ0) is 39.1. The van der Waals surface area contributed by atoms with E-state index in [1.54, 1.807) is 16.9 Å². The topological polar surface area (TPSA) is 177 Å². The van der Waals surface area contributed by atoms with Crippen LogP contribution in [0.1, 0.15) is 88.8 Å². The first-order valence-electron chi connectivity index (χ1n) is 18.7. The number of hydrogen-bond donors (Lipinski definition) is 3. The number of carbonyl (C=O) groups is 2. The maximum absolute atomic E-state index is 13.7. The van der Waals surface area contributed by atoms with Crippen molar-refractivity contribution in [3.63, 3.8) is 0 Å². The molecule has 1 aliphatic heterocycles. The molecule has 1 fully saturated rings. The van der Waals surface area contributed by atoms with Crippen LogP contribution < -0.4 is 25.0 Å². The lowest BCUT2D eigenvalue weighted by Crippen LogP contribution is -2.38.